The van der Waals surface area contributed by atoms with Gasteiger partial charge in [0, 0.05) is 19.0 Å². The summed E-state index contributed by atoms with van der Waals surface area (Å²) in [6, 6.07) is 0. The smallest absolute Gasteiger partial charge is 0.227 e. The topological polar surface area (TPSA) is 83.6 Å². The zero-order valence-electron chi connectivity index (χ0n) is 17.6. The Balaban J connectivity index is 3.79. The van der Waals surface area contributed by atoms with Gasteiger partial charge in [-0.2, -0.15) is 0 Å². The summed E-state index contributed by atoms with van der Waals surface area (Å²) in [5.74, 6) is -0.657. The highest BCUT2D eigenvalue weighted by Crippen LogP contribution is 2.12. The number of aliphatic hydroxyl groups is 1. The summed E-state index contributed by atoms with van der Waals surface area (Å²) in [6.45, 7) is 4.14. The van der Waals surface area contributed by atoms with Gasteiger partial charge in [0.1, 0.15) is 0 Å². The fourth-order valence-electron chi connectivity index (χ4n) is 3.03. The molecule has 0 aromatic rings. The molecule has 27 heavy (non-hydrogen) atoms. The van der Waals surface area contributed by atoms with Crippen LogP contribution < -0.4 is 5.73 Å². The van der Waals surface area contributed by atoms with Gasteiger partial charge in [0.05, 0.1) is 12.6 Å². The van der Waals surface area contributed by atoms with Crippen LogP contribution in [0.4, 0.5) is 0 Å². The second-order valence-electron chi connectivity index (χ2n) is 7.57. The number of carbonyl (C=O) groups excluding carboxylic acids is 2. The van der Waals surface area contributed by atoms with Crippen molar-refractivity contribution in [2.45, 2.75) is 110 Å². The van der Waals surface area contributed by atoms with E-state index in [0.717, 1.165) is 12.8 Å². The predicted molar refractivity (Wildman–Crippen MR) is 112 cm³/mol. The lowest BCUT2D eigenvalue weighted by Crippen LogP contribution is -2.32. The molecule has 0 rings (SSSR count). The molecule has 1 unspecified atom stereocenters. The van der Waals surface area contributed by atoms with Crippen LogP contribution in [0, 0.1) is 0 Å². The van der Waals surface area contributed by atoms with Gasteiger partial charge >= 0.3 is 0 Å². The number of hydrogen-bond acceptors (Lipinski definition) is 3. The second kappa shape index (κ2) is 18.0. The van der Waals surface area contributed by atoms with Crippen molar-refractivity contribution in [1.29, 1.82) is 0 Å². The largest absolute Gasteiger partial charge is 0.392 e. The predicted octanol–water partition coefficient (Wildman–Crippen LogP) is 4.68. The van der Waals surface area contributed by atoms with Crippen LogP contribution in [-0.2, 0) is 9.59 Å². The molecule has 2 amide bonds. The van der Waals surface area contributed by atoms with Crippen molar-refractivity contribution in [3.8, 4) is 0 Å². The molecule has 0 aromatic carbocycles. The van der Waals surface area contributed by atoms with Crippen molar-refractivity contribution in [2.24, 2.45) is 5.73 Å². The van der Waals surface area contributed by atoms with E-state index < -0.39 is 12.0 Å². The molecule has 158 valence electrons. The molecule has 5 nitrogen and oxygen atoms in total. The minimum atomic E-state index is -0.603. The van der Waals surface area contributed by atoms with Gasteiger partial charge in [0.2, 0.25) is 11.8 Å². The zero-order valence-corrected chi connectivity index (χ0v) is 17.6. The van der Waals surface area contributed by atoms with Crippen molar-refractivity contribution in [3.63, 3.8) is 0 Å². The van der Waals surface area contributed by atoms with Gasteiger partial charge in [0.15, 0.2) is 0 Å². The van der Waals surface area contributed by atoms with Gasteiger partial charge in [-0.05, 0) is 19.8 Å². The molecular weight excluding hydrogens is 340 g/mol. The van der Waals surface area contributed by atoms with E-state index in [9.17, 15) is 14.7 Å². The lowest BCUT2D eigenvalue weighted by atomic mass is 10.1. The van der Waals surface area contributed by atoms with Crippen molar-refractivity contribution in [1.82, 2.24) is 4.90 Å². The molecule has 0 heterocycles. The quantitative estimate of drug-likeness (QED) is 0.338. The van der Waals surface area contributed by atoms with Gasteiger partial charge in [-0.25, -0.2) is 0 Å². The Kier molecular flexibility index (Phi) is 17.1. The van der Waals surface area contributed by atoms with Crippen LogP contribution in [0.1, 0.15) is 104 Å². The fourth-order valence-corrected chi connectivity index (χ4v) is 3.03. The first-order valence-corrected chi connectivity index (χ1v) is 10.9. The van der Waals surface area contributed by atoms with Crippen molar-refractivity contribution < 1.29 is 14.7 Å². The molecule has 0 aromatic heterocycles. The number of rotatable bonds is 18. The van der Waals surface area contributed by atoms with Gasteiger partial charge in [-0.15, -0.1) is 0 Å². The Hall–Kier alpha value is -1.36. The Morgan fingerprint density at radius 2 is 1.44 bits per heavy atom. The molecule has 3 N–H and O–H groups in total. The summed E-state index contributed by atoms with van der Waals surface area (Å²) in [7, 11) is 0. The molecule has 0 fully saturated rings. The summed E-state index contributed by atoms with van der Waals surface area (Å²) in [4.78, 5) is 24.4. The lowest BCUT2D eigenvalue weighted by molar-refractivity contribution is -0.131. The van der Waals surface area contributed by atoms with E-state index in [1.54, 1.807) is 13.1 Å². The summed E-state index contributed by atoms with van der Waals surface area (Å²) >= 11 is 0. The number of aliphatic hydroxyl groups excluding tert-OH is 1. The second-order valence-corrected chi connectivity index (χ2v) is 7.57. The van der Waals surface area contributed by atoms with Crippen LogP contribution in [0.3, 0.4) is 0 Å². The first-order chi connectivity index (χ1) is 13.0. The zero-order chi connectivity index (χ0) is 20.3. The molecule has 0 spiro atoms. The number of primary amides is 1. The van der Waals surface area contributed by atoms with Crippen molar-refractivity contribution >= 4 is 11.8 Å². The third-order valence-corrected chi connectivity index (χ3v) is 4.63. The van der Waals surface area contributed by atoms with E-state index in [-0.39, 0.29) is 25.3 Å². The Labute approximate surface area is 166 Å². The van der Waals surface area contributed by atoms with E-state index in [1.165, 1.54) is 69.1 Å². The van der Waals surface area contributed by atoms with E-state index in [1.807, 2.05) is 6.08 Å². The fraction of sp³-hybridized carbons (Fsp3) is 0.818. The molecule has 0 radical (unpaired) electrons. The van der Waals surface area contributed by atoms with Crippen molar-refractivity contribution in [3.05, 3.63) is 12.3 Å². The molecule has 0 bridgehead atoms. The third kappa shape index (κ3) is 17.8. The maximum atomic E-state index is 12.1. The van der Waals surface area contributed by atoms with E-state index in [4.69, 9.17) is 5.73 Å². The van der Waals surface area contributed by atoms with Crippen molar-refractivity contribution in [2.75, 3.05) is 6.54 Å². The average Bonchev–Trinajstić information content (AvgIpc) is 2.62. The van der Waals surface area contributed by atoms with Gasteiger partial charge in [0.25, 0.3) is 0 Å². The van der Waals surface area contributed by atoms with E-state index in [2.05, 4.69) is 6.92 Å². The maximum Gasteiger partial charge on any atom is 0.227 e. The first kappa shape index (κ1) is 25.6. The Morgan fingerprint density at radius 1 is 0.926 bits per heavy atom. The van der Waals surface area contributed by atoms with Crippen LogP contribution in [0.15, 0.2) is 12.3 Å². The standard InChI is InChI=1S/C22H42N2O3/c1-3-4-5-6-7-8-9-10-11-12-13-14-15-18-24(19-20(2)25)22(27)17-16-21(23)26/h15,18,20,25H,3-14,16-17,19H2,1-2H3,(H2,23,26). The molecule has 0 saturated carbocycles. The average molecular weight is 383 g/mol. The highest BCUT2D eigenvalue weighted by atomic mass is 16.3. The normalized spacial score (nSPS) is 12.4. The summed E-state index contributed by atoms with van der Waals surface area (Å²) < 4.78 is 0. The summed E-state index contributed by atoms with van der Waals surface area (Å²) in [5.41, 5.74) is 5.09. The molecule has 5 heteroatoms. The van der Waals surface area contributed by atoms with Gasteiger partial charge in [-0.1, -0.05) is 77.2 Å². The SMILES string of the molecule is CCCCCCCCCCCCCC=CN(CC(C)O)C(=O)CCC(N)=O. The number of nitrogens with two attached hydrogens (primary N) is 1. The highest BCUT2D eigenvalue weighted by Gasteiger charge is 2.13. The minimum absolute atomic E-state index is 0.0432. The lowest BCUT2D eigenvalue weighted by Gasteiger charge is -2.20. The van der Waals surface area contributed by atoms with E-state index >= 15 is 0 Å². The Morgan fingerprint density at radius 3 is 1.93 bits per heavy atom. The monoisotopic (exact) mass is 382 g/mol. The molecule has 1 atom stereocenters. The minimum Gasteiger partial charge on any atom is -0.392 e. The van der Waals surface area contributed by atoms with Gasteiger partial charge < -0.3 is 15.7 Å². The number of hydrogen-bond donors (Lipinski definition) is 2. The Bertz CT molecular complexity index is 408. The third-order valence-electron chi connectivity index (χ3n) is 4.63. The van der Waals surface area contributed by atoms with Gasteiger partial charge in [-0.3, -0.25) is 9.59 Å². The summed E-state index contributed by atoms with van der Waals surface area (Å²) in [6.07, 6.45) is 18.7. The van der Waals surface area contributed by atoms with Crippen LogP contribution >= 0.6 is 0 Å². The molecule has 0 aliphatic carbocycles. The molecule has 0 saturated heterocycles. The molecule has 0 aliphatic rings. The molecule has 0 aliphatic heterocycles. The van der Waals surface area contributed by atoms with Crippen LogP contribution in [-0.4, -0.2) is 34.5 Å². The van der Waals surface area contributed by atoms with E-state index in [0.29, 0.717) is 0 Å². The number of allylic oxidation sites excluding steroid dienone is 1. The maximum absolute atomic E-state index is 12.1. The number of amides is 2. The number of unbranched alkanes of at least 4 members (excludes halogenated alkanes) is 11. The van der Waals surface area contributed by atoms with Crippen LogP contribution in [0.25, 0.3) is 0 Å². The van der Waals surface area contributed by atoms with Crippen LogP contribution in [0.5, 0.6) is 0 Å². The highest BCUT2D eigenvalue weighted by molar-refractivity contribution is 5.83. The number of carbonyl (C=O) groups is 2. The molecular formula is C22H42N2O3. The first-order valence-electron chi connectivity index (χ1n) is 10.9. The number of nitrogens with zero attached hydrogens (tertiary/aromatic N) is 1. The summed E-state index contributed by atoms with van der Waals surface area (Å²) in [5, 5.41) is 9.53. The van der Waals surface area contributed by atoms with Crippen LogP contribution in [0.2, 0.25) is 0 Å².